The van der Waals surface area contributed by atoms with Crippen LogP contribution >= 0.6 is 0 Å². The molecule has 0 fully saturated rings. The zero-order valence-corrected chi connectivity index (χ0v) is 11.7. The SMILES string of the molecule is CC(C)n1cncc1COc1cccc([C@@H](C)N)c1. The van der Waals surface area contributed by atoms with Crippen molar-refractivity contribution in [1.82, 2.24) is 9.55 Å². The molecule has 1 atom stereocenters. The van der Waals surface area contributed by atoms with E-state index in [-0.39, 0.29) is 6.04 Å². The lowest BCUT2D eigenvalue weighted by Gasteiger charge is -2.13. The molecule has 2 N–H and O–H groups in total. The summed E-state index contributed by atoms with van der Waals surface area (Å²) in [6, 6.07) is 8.31. The van der Waals surface area contributed by atoms with Crippen LogP contribution in [0.1, 0.15) is 44.1 Å². The average molecular weight is 259 g/mol. The Hall–Kier alpha value is -1.81. The molecule has 0 bridgehead atoms. The maximum atomic E-state index is 5.87. The molecule has 2 rings (SSSR count). The van der Waals surface area contributed by atoms with E-state index in [2.05, 4.69) is 23.4 Å². The van der Waals surface area contributed by atoms with Gasteiger partial charge in [-0.3, -0.25) is 0 Å². The maximum absolute atomic E-state index is 5.87. The van der Waals surface area contributed by atoms with Crippen molar-refractivity contribution in [2.24, 2.45) is 5.73 Å². The van der Waals surface area contributed by atoms with Crippen LogP contribution < -0.4 is 10.5 Å². The molecular formula is C15H21N3O. The van der Waals surface area contributed by atoms with E-state index in [9.17, 15) is 0 Å². The molecule has 0 saturated carbocycles. The van der Waals surface area contributed by atoms with Gasteiger partial charge in [-0.15, -0.1) is 0 Å². The smallest absolute Gasteiger partial charge is 0.130 e. The first-order valence-electron chi connectivity index (χ1n) is 6.57. The Kier molecular flexibility index (Phi) is 4.22. The van der Waals surface area contributed by atoms with E-state index in [4.69, 9.17) is 10.5 Å². The predicted octanol–water partition coefficient (Wildman–Crippen LogP) is 3.06. The van der Waals surface area contributed by atoms with Crippen molar-refractivity contribution in [2.45, 2.75) is 39.5 Å². The minimum absolute atomic E-state index is 0.0183. The van der Waals surface area contributed by atoms with Crippen molar-refractivity contribution < 1.29 is 4.74 Å². The number of nitrogens with two attached hydrogens (primary N) is 1. The summed E-state index contributed by atoms with van der Waals surface area (Å²) in [5.41, 5.74) is 8.02. The molecule has 19 heavy (non-hydrogen) atoms. The average Bonchev–Trinajstić information content (AvgIpc) is 2.85. The molecule has 0 aliphatic carbocycles. The monoisotopic (exact) mass is 259 g/mol. The summed E-state index contributed by atoms with van der Waals surface area (Å²) >= 11 is 0. The lowest BCUT2D eigenvalue weighted by atomic mass is 10.1. The van der Waals surface area contributed by atoms with E-state index in [1.54, 1.807) is 0 Å². The third kappa shape index (κ3) is 3.35. The Balaban J connectivity index is 2.06. The van der Waals surface area contributed by atoms with Crippen LogP contribution in [0.25, 0.3) is 0 Å². The lowest BCUT2D eigenvalue weighted by molar-refractivity contribution is 0.291. The molecule has 4 heteroatoms. The first-order valence-corrected chi connectivity index (χ1v) is 6.57. The van der Waals surface area contributed by atoms with Gasteiger partial charge in [0, 0.05) is 12.1 Å². The molecule has 1 aromatic heterocycles. The normalized spacial score (nSPS) is 12.7. The number of ether oxygens (including phenoxy) is 1. The molecule has 0 aliphatic heterocycles. The second kappa shape index (κ2) is 5.89. The number of aromatic nitrogens is 2. The van der Waals surface area contributed by atoms with E-state index in [0.717, 1.165) is 17.0 Å². The van der Waals surface area contributed by atoms with Crippen LogP contribution in [0.4, 0.5) is 0 Å². The highest BCUT2D eigenvalue weighted by Crippen LogP contribution is 2.19. The third-order valence-corrected chi connectivity index (χ3v) is 3.07. The molecule has 0 saturated heterocycles. The van der Waals surface area contributed by atoms with Crippen LogP contribution in [-0.4, -0.2) is 9.55 Å². The summed E-state index contributed by atoms with van der Waals surface area (Å²) in [7, 11) is 0. The van der Waals surface area contributed by atoms with Gasteiger partial charge in [0.05, 0.1) is 18.2 Å². The Morgan fingerprint density at radius 2 is 2.11 bits per heavy atom. The molecule has 4 nitrogen and oxygen atoms in total. The van der Waals surface area contributed by atoms with Gasteiger partial charge in [-0.2, -0.15) is 0 Å². The number of rotatable bonds is 5. The number of hydrogen-bond donors (Lipinski definition) is 1. The van der Waals surface area contributed by atoms with Gasteiger partial charge in [0.15, 0.2) is 0 Å². The summed E-state index contributed by atoms with van der Waals surface area (Å²) in [6.07, 6.45) is 3.68. The molecular weight excluding hydrogens is 238 g/mol. The van der Waals surface area contributed by atoms with E-state index >= 15 is 0 Å². The Bertz CT molecular complexity index is 532. The summed E-state index contributed by atoms with van der Waals surface area (Å²) in [5, 5.41) is 0. The molecule has 0 spiro atoms. The van der Waals surface area contributed by atoms with Crippen molar-refractivity contribution in [3.05, 3.63) is 48.0 Å². The fourth-order valence-electron chi connectivity index (χ4n) is 1.95. The first-order chi connectivity index (χ1) is 9.08. The minimum Gasteiger partial charge on any atom is -0.487 e. The highest BCUT2D eigenvalue weighted by atomic mass is 16.5. The fourth-order valence-corrected chi connectivity index (χ4v) is 1.95. The van der Waals surface area contributed by atoms with Gasteiger partial charge in [-0.25, -0.2) is 4.98 Å². The van der Waals surface area contributed by atoms with E-state index in [1.807, 2.05) is 43.7 Å². The molecule has 0 radical (unpaired) electrons. The molecule has 102 valence electrons. The number of benzene rings is 1. The fraction of sp³-hybridized carbons (Fsp3) is 0.400. The van der Waals surface area contributed by atoms with Gasteiger partial charge >= 0.3 is 0 Å². The van der Waals surface area contributed by atoms with Crippen molar-refractivity contribution in [1.29, 1.82) is 0 Å². The highest BCUT2D eigenvalue weighted by Gasteiger charge is 2.07. The molecule has 2 aromatic rings. The molecule has 1 aromatic carbocycles. The second-order valence-electron chi connectivity index (χ2n) is 5.04. The molecule has 1 heterocycles. The van der Waals surface area contributed by atoms with E-state index in [1.165, 1.54) is 0 Å². The summed E-state index contributed by atoms with van der Waals surface area (Å²) in [4.78, 5) is 4.16. The molecule has 0 unspecified atom stereocenters. The Morgan fingerprint density at radius 3 is 2.79 bits per heavy atom. The van der Waals surface area contributed by atoms with Gasteiger partial charge in [-0.05, 0) is 38.5 Å². The van der Waals surface area contributed by atoms with Gasteiger partial charge in [0.2, 0.25) is 0 Å². The van der Waals surface area contributed by atoms with Crippen molar-refractivity contribution in [2.75, 3.05) is 0 Å². The van der Waals surface area contributed by atoms with Crippen molar-refractivity contribution >= 4 is 0 Å². The van der Waals surface area contributed by atoms with Crippen molar-refractivity contribution in [3.8, 4) is 5.75 Å². The van der Waals surface area contributed by atoms with Gasteiger partial charge < -0.3 is 15.0 Å². The highest BCUT2D eigenvalue weighted by molar-refractivity contribution is 5.30. The van der Waals surface area contributed by atoms with E-state index in [0.29, 0.717) is 12.6 Å². The van der Waals surface area contributed by atoms with Crippen molar-refractivity contribution in [3.63, 3.8) is 0 Å². The molecule has 0 amide bonds. The van der Waals surface area contributed by atoms with E-state index < -0.39 is 0 Å². The van der Waals surface area contributed by atoms with Crippen LogP contribution in [-0.2, 0) is 6.61 Å². The zero-order chi connectivity index (χ0) is 13.8. The Labute approximate surface area is 114 Å². The van der Waals surface area contributed by atoms with Crippen LogP contribution in [0.3, 0.4) is 0 Å². The predicted molar refractivity (Wildman–Crippen MR) is 76.0 cm³/mol. The second-order valence-corrected chi connectivity index (χ2v) is 5.04. The van der Waals surface area contributed by atoms with Gasteiger partial charge in [-0.1, -0.05) is 12.1 Å². The maximum Gasteiger partial charge on any atom is 0.130 e. The number of nitrogens with zero attached hydrogens (tertiary/aromatic N) is 2. The minimum atomic E-state index is 0.0183. The number of imidazole rings is 1. The largest absolute Gasteiger partial charge is 0.487 e. The quantitative estimate of drug-likeness (QED) is 0.897. The third-order valence-electron chi connectivity index (χ3n) is 3.07. The number of hydrogen-bond acceptors (Lipinski definition) is 3. The Morgan fingerprint density at radius 1 is 1.32 bits per heavy atom. The summed E-state index contributed by atoms with van der Waals surface area (Å²) in [5.74, 6) is 0.839. The van der Waals surface area contributed by atoms with Crippen LogP contribution in [0.15, 0.2) is 36.8 Å². The van der Waals surface area contributed by atoms with Gasteiger partial charge in [0.1, 0.15) is 12.4 Å². The molecule has 0 aliphatic rings. The van der Waals surface area contributed by atoms with Crippen LogP contribution in [0.2, 0.25) is 0 Å². The van der Waals surface area contributed by atoms with Gasteiger partial charge in [0.25, 0.3) is 0 Å². The topological polar surface area (TPSA) is 53.1 Å². The first kappa shape index (κ1) is 13.6. The standard InChI is InChI=1S/C15H21N3O/c1-11(2)18-10-17-8-14(18)9-19-15-6-4-5-13(7-15)12(3)16/h4-8,10-12H,9,16H2,1-3H3/t12-/m1/s1. The summed E-state index contributed by atoms with van der Waals surface area (Å²) < 4.78 is 7.92. The van der Waals surface area contributed by atoms with Crippen LogP contribution in [0.5, 0.6) is 5.75 Å². The zero-order valence-electron chi connectivity index (χ0n) is 11.7. The lowest BCUT2D eigenvalue weighted by Crippen LogP contribution is -2.08. The van der Waals surface area contributed by atoms with Crippen LogP contribution in [0, 0.1) is 0 Å². The summed E-state index contributed by atoms with van der Waals surface area (Å²) in [6.45, 7) is 6.73.